The third-order valence-corrected chi connectivity index (χ3v) is 4.74. The first-order valence-corrected chi connectivity index (χ1v) is 9.81. The van der Waals surface area contributed by atoms with Gasteiger partial charge in [0, 0.05) is 37.0 Å². The van der Waals surface area contributed by atoms with Crippen LogP contribution in [0.25, 0.3) is 0 Å². The summed E-state index contributed by atoms with van der Waals surface area (Å²) in [7, 11) is 1.53. The lowest BCUT2D eigenvalue weighted by molar-refractivity contribution is -0.114. The Hall–Kier alpha value is -4.33. The molecule has 164 valence electrons. The molecule has 4 N–H and O–H groups in total. The number of hydrogen-bond donors (Lipinski definition) is 4. The minimum Gasteiger partial charge on any atom is -0.508 e. The molecule has 0 fully saturated rings. The summed E-state index contributed by atoms with van der Waals surface area (Å²) in [6, 6.07) is 17.3. The molecule has 0 bridgehead atoms. The van der Waals surface area contributed by atoms with Crippen LogP contribution in [0.2, 0.25) is 0 Å². The van der Waals surface area contributed by atoms with Gasteiger partial charge in [-0.05, 0) is 54.1 Å². The Balaban J connectivity index is 1.96. The van der Waals surface area contributed by atoms with E-state index in [1.807, 2.05) is 0 Å². The molecule has 0 aromatic heterocycles. The summed E-state index contributed by atoms with van der Waals surface area (Å²) < 4.78 is 0. The summed E-state index contributed by atoms with van der Waals surface area (Å²) in [6.07, 6.45) is 0. The van der Waals surface area contributed by atoms with Crippen molar-refractivity contribution >= 4 is 29.1 Å². The number of rotatable bonds is 6. The molecule has 0 unspecified atom stereocenters. The number of nitrogens with zero attached hydrogens (tertiary/aromatic N) is 1. The van der Waals surface area contributed by atoms with Crippen LogP contribution in [0, 0.1) is 0 Å². The van der Waals surface area contributed by atoms with Crippen LogP contribution in [0.4, 0.5) is 11.4 Å². The molecular formula is C24H23N3O5. The maximum absolute atomic E-state index is 13.3. The van der Waals surface area contributed by atoms with Crippen molar-refractivity contribution in [1.29, 1.82) is 0 Å². The molecule has 0 saturated carbocycles. The van der Waals surface area contributed by atoms with E-state index in [0.29, 0.717) is 16.9 Å². The molecule has 0 aliphatic rings. The highest BCUT2D eigenvalue weighted by Crippen LogP contribution is 2.28. The van der Waals surface area contributed by atoms with Crippen LogP contribution in [0.15, 0.2) is 66.7 Å². The van der Waals surface area contributed by atoms with Gasteiger partial charge in [0.1, 0.15) is 11.5 Å². The second-order valence-corrected chi connectivity index (χ2v) is 7.10. The van der Waals surface area contributed by atoms with Gasteiger partial charge in [0.25, 0.3) is 11.8 Å². The highest BCUT2D eigenvalue weighted by Gasteiger charge is 2.22. The highest BCUT2D eigenvalue weighted by atomic mass is 16.3. The van der Waals surface area contributed by atoms with Gasteiger partial charge in [-0.1, -0.05) is 12.1 Å². The lowest BCUT2D eigenvalue weighted by Gasteiger charge is -2.24. The minimum atomic E-state index is -0.485. The molecule has 8 heteroatoms. The number of amides is 3. The number of carbonyl (C=O) groups excluding carboxylic acids is 3. The Bertz CT molecular complexity index is 1140. The fourth-order valence-electron chi connectivity index (χ4n) is 3.14. The molecule has 3 rings (SSSR count). The number of carbonyl (C=O) groups is 3. The third kappa shape index (κ3) is 5.23. The van der Waals surface area contributed by atoms with E-state index in [0.717, 1.165) is 11.6 Å². The molecule has 32 heavy (non-hydrogen) atoms. The van der Waals surface area contributed by atoms with Crippen LogP contribution in [0.1, 0.15) is 33.2 Å². The molecule has 3 amide bonds. The Labute approximate surface area is 185 Å². The fourth-order valence-corrected chi connectivity index (χ4v) is 3.14. The Kier molecular flexibility index (Phi) is 6.74. The van der Waals surface area contributed by atoms with E-state index >= 15 is 0 Å². The van der Waals surface area contributed by atoms with Crippen LogP contribution in [0.3, 0.4) is 0 Å². The van der Waals surface area contributed by atoms with E-state index in [2.05, 4.69) is 10.6 Å². The normalized spacial score (nSPS) is 10.3. The van der Waals surface area contributed by atoms with E-state index in [9.17, 15) is 24.6 Å². The number of nitrogens with one attached hydrogen (secondary N) is 2. The number of anilines is 2. The molecule has 3 aromatic rings. The third-order valence-electron chi connectivity index (χ3n) is 4.74. The van der Waals surface area contributed by atoms with Gasteiger partial charge in [0.15, 0.2) is 0 Å². The van der Waals surface area contributed by atoms with Gasteiger partial charge in [-0.25, -0.2) is 0 Å². The summed E-state index contributed by atoms with van der Waals surface area (Å²) in [6.45, 7) is 1.58. The van der Waals surface area contributed by atoms with E-state index in [1.54, 1.807) is 48.5 Å². The van der Waals surface area contributed by atoms with Crippen molar-refractivity contribution in [2.24, 2.45) is 0 Å². The zero-order valence-electron chi connectivity index (χ0n) is 17.6. The van der Waals surface area contributed by atoms with Crippen LogP contribution in [-0.4, -0.2) is 35.0 Å². The van der Waals surface area contributed by atoms with Crippen LogP contribution >= 0.6 is 0 Å². The summed E-state index contributed by atoms with van der Waals surface area (Å²) in [4.78, 5) is 37.8. The first-order valence-electron chi connectivity index (χ1n) is 9.81. The molecule has 0 heterocycles. The average molecular weight is 433 g/mol. The number of hydrogen-bond acceptors (Lipinski definition) is 5. The molecule has 8 nitrogen and oxygen atoms in total. The average Bonchev–Trinajstić information content (AvgIpc) is 2.77. The van der Waals surface area contributed by atoms with Gasteiger partial charge in [0.05, 0.1) is 12.1 Å². The second kappa shape index (κ2) is 9.65. The van der Waals surface area contributed by atoms with Gasteiger partial charge in [-0.15, -0.1) is 0 Å². The van der Waals surface area contributed by atoms with E-state index in [-0.39, 0.29) is 35.4 Å². The highest BCUT2D eigenvalue weighted by molar-refractivity contribution is 6.08. The van der Waals surface area contributed by atoms with Crippen molar-refractivity contribution in [3.63, 3.8) is 0 Å². The van der Waals surface area contributed by atoms with E-state index in [4.69, 9.17) is 0 Å². The summed E-state index contributed by atoms with van der Waals surface area (Å²) in [5.74, 6) is -1.43. The largest absolute Gasteiger partial charge is 0.508 e. The molecule has 0 spiro atoms. The number of phenolic OH excluding ortho intramolecular Hbond substituents is 2. The summed E-state index contributed by atoms with van der Waals surface area (Å²) in [5.41, 5.74) is 2.39. The quantitative estimate of drug-likeness (QED) is 0.476. The van der Waals surface area contributed by atoms with Crippen molar-refractivity contribution in [2.75, 3.05) is 17.3 Å². The predicted molar refractivity (Wildman–Crippen MR) is 121 cm³/mol. The predicted octanol–water partition coefficient (Wildman–Crippen LogP) is 3.26. The number of benzene rings is 3. The lowest BCUT2D eigenvalue weighted by Crippen LogP contribution is -2.30. The zero-order chi connectivity index (χ0) is 23.3. The zero-order valence-corrected chi connectivity index (χ0v) is 17.6. The van der Waals surface area contributed by atoms with E-state index in [1.165, 1.54) is 31.0 Å². The van der Waals surface area contributed by atoms with Gasteiger partial charge in [0.2, 0.25) is 5.91 Å². The second-order valence-electron chi connectivity index (χ2n) is 7.10. The Morgan fingerprint density at radius 2 is 1.56 bits per heavy atom. The molecule has 0 atom stereocenters. The lowest BCUT2D eigenvalue weighted by atomic mass is 10.1. The number of phenols is 2. The first-order chi connectivity index (χ1) is 15.3. The molecular weight excluding hydrogens is 410 g/mol. The van der Waals surface area contributed by atoms with Crippen molar-refractivity contribution in [3.05, 3.63) is 83.4 Å². The van der Waals surface area contributed by atoms with Crippen LogP contribution in [0.5, 0.6) is 11.5 Å². The molecule has 0 aliphatic carbocycles. The van der Waals surface area contributed by atoms with Crippen molar-refractivity contribution < 1.29 is 24.6 Å². The van der Waals surface area contributed by atoms with Crippen molar-refractivity contribution in [3.8, 4) is 11.5 Å². The van der Waals surface area contributed by atoms with Crippen LogP contribution in [-0.2, 0) is 11.3 Å². The van der Waals surface area contributed by atoms with Crippen molar-refractivity contribution in [2.45, 2.75) is 13.5 Å². The first kappa shape index (κ1) is 22.4. The summed E-state index contributed by atoms with van der Waals surface area (Å²) in [5, 5.41) is 25.0. The monoisotopic (exact) mass is 433 g/mol. The SMILES string of the molecule is CNC(=O)c1ccc(N(Cc2ccc(NC(C)=O)cc2)C(=O)c2ccc(O)cc2O)cc1. The Morgan fingerprint density at radius 3 is 2.12 bits per heavy atom. The molecule has 3 aromatic carbocycles. The minimum absolute atomic E-state index is 0.0213. The maximum atomic E-state index is 13.3. The van der Waals surface area contributed by atoms with Gasteiger partial charge >= 0.3 is 0 Å². The fraction of sp³-hybridized carbons (Fsp3) is 0.125. The maximum Gasteiger partial charge on any atom is 0.262 e. The van der Waals surface area contributed by atoms with Gasteiger partial charge in [-0.3, -0.25) is 14.4 Å². The van der Waals surface area contributed by atoms with Gasteiger partial charge < -0.3 is 25.7 Å². The molecule has 0 radical (unpaired) electrons. The standard InChI is InChI=1S/C24H23N3O5/c1-15(28)26-18-7-3-16(4-8-18)14-27(19-9-5-17(6-10-19)23(31)25-2)24(32)21-12-11-20(29)13-22(21)30/h3-13,29-30H,14H2,1-2H3,(H,25,31)(H,26,28). The topological polar surface area (TPSA) is 119 Å². The van der Waals surface area contributed by atoms with Crippen LogP contribution < -0.4 is 15.5 Å². The Morgan fingerprint density at radius 1 is 0.906 bits per heavy atom. The van der Waals surface area contributed by atoms with E-state index < -0.39 is 5.91 Å². The van der Waals surface area contributed by atoms with Crippen molar-refractivity contribution in [1.82, 2.24) is 5.32 Å². The van der Waals surface area contributed by atoms with Gasteiger partial charge in [-0.2, -0.15) is 0 Å². The molecule has 0 aliphatic heterocycles. The smallest absolute Gasteiger partial charge is 0.262 e. The number of aromatic hydroxyl groups is 2. The summed E-state index contributed by atoms with van der Waals surface area (Å²) >= 11 is 0. The molecule has 0 saturated heterocycles.